The Balaban J connectivity index is 2.10. The van der Waals surface area contributed by atoms with E-state index in [1.54, 1.807) is 12.1 Å². The highest BCUT2D eigenvalue weighted by molar-refractivity contribution is 5.96. The second-order valence-electron chi connectivity index (χ2n) is 4.45. The summed E-state index contributed by atoms with van der Waals surface area (Å²) in [5, 5.41) is 3.22. The van der Waals surface area contributed by atoms with Crippen LogP contribution < -0.4 is 11.1 Å². The molecule has 0 saturated heterocycles. The number of rotatable bonds is 4. The van der Waals surface area contributed by atoms with Crippen molar-refractivity contribution >= 4 is 17.3 Å². The van der Waals surface area contributed by atoms with Crippen LogP contribution in [0.15, 0.2) is 36.5 Å². The SMILES string of the molecule is COC(=O)c1cc(NCc2ccc(C)nc2)ccc1N. The topological polar surface area (TPSA) is 77.2 Å². The molecule has 1 aromatic heterocycles. The lowest BCUT2D eigenvalue weighted by molar-refractivity contribution is 0.0602. The Morgan fingerprint density at radius 3 is 2.80 bits per heavy atom. The van der Waals surface area contributed by atoms with Crippen molar-refractivity contribution < 1.29 is 9.53 Å². The van der Waals surface area contributed by atoms with Gasteiger partial charge in [0, 0.05) is 29.8 Å². The monoisotopic (exact) mass is 271 g/mol. The van der Waals surface area contributed by atoms with E-state index in [2.05, 4.69) is 10.3 Å². The van der Waals surface area contributed by atoms with Crippen LogP contribution in [0, 0.1) is 6.92 Å². The summed E-state index contributed by atoms with van der Waals surface area (Å²) in [5.41, 5.74) is 9.36. The number of ether oxygens (including phenoxy) is 1. The number of pyridine rings is 1. The third-order valence-corrected chi connectivity index (χ3v) is 2.93. The number of anilines is 2. The maximum absolute atomic E-state index is 11.6. The van der Waals surface area contributed by atoms with Crippen LogP contribution in [-0.2, 0) is 11.3 Å². The number of nitrogens with zero attached hydrogens (tertiary/aromatic N) is 1. The fourth-order valence-corrected chi connectivity index (χ4v) is 1.76. The molecule has 0 fully saturated rings. The first-order valence-electron chi connectivity index (χ1n) is 6.23. The zero-order valence-corrected chi connectivity index (χ0v) is 11.5. The quantitative estimate of drug-likeness (QED) is 0.659. The van der Waals surface area contributed by atoms with Crippen molar-refractivity contribution in [2.24, 2.45) is 0 Å². The molecule has 1 heterocycles. The third-order valence-electron chi connectivity index (χ3n) is 2.93. The number of methoxy groups -OCH3 is 1. The molecule has 2 aromatic rings. The Bertz CT molecular complexity index is 609. The molecule has 2 rings (SSSR count). The van der Waals surface area contributed by atoms with E-state index in [0.717, 1.165) is 16.9 Å². The third kappa shape index (κ3) is 3.26. The van der Waals surface area contributed by atoms with Crippen LogP contribution in [0.1, 0.15) is 21.6 Å². The number of aromatic nitrogens is 1. The highest BCUT2D eigenvalue weighted by Crippen LogP contribution is 2.19. The Morgan fingerprint density at radius 2 is 2.15 bits per heavy atom. The fraction of sp³-hybridized carbons (Fsp3) is 0.200. The minimum Gasteiger partial charge on any atom is -0.465 e. The lowest BCUT2D eigenvalue weighted by atomic mass is 10.1. The number of carbonyl (C=O) groups excluding carboxylic acids is 1. The number of benzene rings is 1. The van der Waals surface area contributed by atoms with Gasteiger partial charge in [0.05, 0.1) is 12.7 Å². The van der Waals surface area contributed by atoms with Gasteiger partial charge < -0.3 is 15.8 Å². The molecule has 5 heteroatoms. The number of nitrogens with one attached hydrogen (secondary N) is 1. The molecule has 0 unspecified atom stereocenters. The Hall–Kier alpha value is -2.56. The summed E-state index contributed by atoms with van der Waals surface area (Å²) >= 11 is 0. The van der Waals surface area contributed by atoms with Crippen LogP contribution in [0.2, 0.25) is 0 Å². The summed E-state index contributed by atoms with van der Waals surface area (Å²) in [6.07, 6.45) is 1.82. The van der Waals surface area contributed by atoms with E-state index in [1.165, 1.54) is 7.11 Å². The molecule has 1 aromatic carbocycles. The summed E-state index contributed by atoms with van der Waals surface area (Å²) < 4.78 is 4.69. The molecule has 0 spiro atoms. The summed E-state index contributed by atoms with van der Waals surface area (Å²) in [7, 11) is 1.33. The van der Waals surface area contributed by atoms with Crippen molar-refractivity contribution in [3.63, 3.8) is 0 Å². The first kappa shape index (κ1) is 13.9. The molecule has 104 valence electrons. The van der Waals surface area contributed by atoms with Crippen LogP contribution in [0.25, 0.3) is 0 Å². The molecule has 20 heavy (non-hydrogen) atoms. The molecule has 0 amide bonds. The number of esters is 1. The molecular formula is C15H17N3O2. The largest absolute Gasteiger partial charge is 0.465 e. The molecule has 0 aliphatic heterocycles. The van der Waals surface area contributed by atoms with Gasteiger partial charge in [-0.05, 0) is 36.8 Å². The minimum absolute atomic E-state index is 0.361. The lowest BCUT2D eigenvalue weighted by Gasteiger charge is -2.09. The number of nitrogen functional groups attached to an aromatic ring is 1. The van der Waals surface area contributed by atoms with E-state index >= 15 is 0 Å². The zero-order valence-electron chi connectivity index (χ0n) is 11.5. The average Bonchev–Trinajstić information content (AvgIpc) is 2.47. The standard InChI is InChI=1S/C15H17N3O2/c1-10-3-4-11(8-17-10)9-18-12-5-6-14(16)13(7-12)15(19)20-2/h3-8,18H,9,16H2,1-2H3. The van der Waals surface area contributed by atoms with Crippen LogP contribution in [0.5, 0.6) is 0 Å². The number of hydrogen-bond acceptors (Lipinski definition) is 5. The van der Waals surface area contributed by atoms with Crippen molar-refractivity contribution in [2.45, 2.75) is 13.5 Å². The van der Waals surface area contributed by atoms with Gasteiger partial charge in [-0.2, -0.15) is 0 Å². The van der Waals surface area contributed by atoms with Crippen molar-refractivity contribution in [1.82, 2.24) is 4.98 Å². The molecule has 5 nitrogen and oxygen atoms in total. The summed E-state index contributed by atoms with van der Waals surface area (Å²) in [5.74, 6) is -0.442. The zero-order chi connectivity index (χ0) is 14.5. The van der Waals surface area contributed by atoms with Gasteiger partial charge in [-0.15, -0.1) is 0 Å². The molecule has 0 aliphatic carbocycles. The van der Waals surface area contributed by atoms with Crippen molar-refractivity contribution in [2.75, 3.05) is 18.2 Å². The molecule has 0 radical (unpaired) electrons. The Morgan fingerprint density at radius 1 is 1.35 bits per heavy atom. The van der Waals surface area contributed by atoms with Crippen LogP contribution in [0.3, 0.4) is 0 Å². The van der Waals surface area contributed by atoms with Crippen molar-refractivity contribution in [3.8, 4) is 0 Å². The maximum Gasteiger partial charge on any atom is 0.340 e. The molecule has 0 saturated carbocycles. The fourth-order valence-electron chi connectivity index (χ4n) is 1.76. The summed E-state index contributed by atoms with van der Waals surface area (Å²) in [6.45, 7) is 2.57. The Kier molecular flexibility index (Phi) is 4.20. The van der Waals surface area contributed by atoms with E-state index in [-0.39, 0.29) is 0 Å². The summed E-state index contributed by atoms with van der Waals surface area (Å²) in [4.78, 5) is 15.8. The molecule has 3 N–H and O–H groups in total. The van der Waals surface area contributed by atoms with Crippen molar-refractivity contribution in [1.29, 1.82) is 0 Å². The maximum atomic E-state index is 11.6. The number of carbonyl (C=O) groups is 1. The molecule has 0 atom stereocenters. The highest BCUT2D eigenvalue weighted by Gasteiger charge is 2.10. The second-order valence-corrected chi connectivity index (χ2v) is 4.45. The summed E-state index contributed by atoms with van der Waals surface area (Å²) in [6, 6.07) is 9.15. The predicted octanol–water partition coefficient (Wildman–Crippen LogP) is 2.37. The second kappa shape index (κ2) is 6.06. The highest BCUT2D eigenvalue weighted by atomic mass is 16.5. The average molecular weight is 271 g/mol. The van der Waals surface area contributed by atoms with Gasteiger partial charge in [0.25, 0.3) is 0 Å². The lowest BCUT2D eigenvalue weighted by Crippen LogP contribution is -2.07. The van der Waals surface area contributed by atoms with Crippen LogP contribution in [-0.4, -0.2) is 18.1 Å². The number of aryl methyl sites for hydroxylation is 1. The van der Waals surface area contributed by atoms with Gasteiger partial charge in [0.2, 0.25) is 0 Å². The van der Waals surface area contributed by atoms with Gasteiger partial charge in [0.1, 0.15) is 0 Å². The van der Waals surface area contributed by atoms with Crippen molar-refractivity contribution in [3.05, 3.63) is 53.3 Å². The van der Waals surface area contributed by atoms with Gasteiger partial charge in [-0.1, -0.05) is 6.07 Å². The predicted molar refractivity (Wildman–Crippen MR) is 78.5 cm³/mol. The van der Waals surface area contributed by atoms with Gasteiger partial charge in [-0.3, -0.25) is 4.98 Å². The van der Waals surface area contributed by atoms with Gasteiger partial charge in [-0.25, -0.2) is 4.79 Å². The van der Waals surface area contributed by atoms with E-state index in [4.69, 9.17) is 10.5 Å². The van der Waals surface area contributed by atoms with Gasteiger partial charge >= 0.3 is 5.97 Å². The normalized spacial score (nSPS) is 10.1. The molecule has 0 aliphatic rings. The van der Waals surface area contributed by atoms with E-state index < -0.39 is 5.97 Å². The van der Waals surface area contributed by atoms with Gasteiger partial charge in [0.15, 0.2) is 0 Å². The van der Waals surface area contributed by atoms with Crippen LogP contribution in [0.4, 0.5) is 11.4 Å². The smallest absolute Gasteiger partial charge is 0.340 e. The molecule has 0 bridgehead atoms. The molecular weight excluding hydrogens is 254 g/mol. The van der Waals surface area contributed by atoms with E-state index in [1.807, 2.05) is 31.3 Å². The number of nitrogens with two attached hydrogens (primary N) is 1. The van der Waals surface area contributed by atoms with E-state index in [9.17, 15) is 4.79 Å². The van der Waals surface area contributed by atoms with Crippen LogP contribution >= 0.6 is 0 Å². The Labute approximate surface area is 117 Å². The minimum atomic E-state index is -0.442. The first-order valence-corrected chi connectivity index (χ1v) is 6.23. The van der Waals surface area contributed by atoms with E-state index in [0.29, 0.717) is 17.8 Å². The number of hydrogen-bond donors (Lipinski definition) is 2. The first-order chi connectivity index (χ1) is 9.60.